The molecular formula is C21H25N5O2S. The van der Waals surface area contributed by atoms with Crippen LogP contribution in [0.25, 0.3) is 11.4 Å². The molecule has 2 heterocycles. The molecule has 1 aliphatic rings. The third kappa shape index (κ3) is 4.18. The minimum atomic E-state index is 0.454. The van der Waals surface area contributed by atoms with Crippen LogP contribution >= 0.6 is 12.2 Å². The van der Waals surface area contributed by atoms with Crippen LogP contribution < -0.4 is 9.47 Å². The third-order valence-corrected chi connectivity index (χ3v) is 5.40. The summed E-state index contributed by atoms with van der Waals surface area (Å²) in [6.45, 7) is 1.34. The Bertz CT molecular complexity index is 1040. The Morgan fingerprint density at radius 3 is 2.48 bits per heavy atom. The average molecular weight is 412 g/mol. The Morgan fingerprint density at radius 2 is 1.83 bits per heavy atom. The van der Waals surface area contributed by atoms with E-state index >= 15 is 0 Å². The molecule has 1 fully saturated rings. The maximum Gasteiger partial charge on any atom is 0.199 e. The monoisotopic (exact) mass is 411 g/mol. The first kappa shape index (κ1) is 19.6. The molecule has 4 rings (SSSR count). The Hall–Kier alpha value is -2.71. The second-order valence-corrected chi connectivity index (χ2v) is 7.65. The molecule has 8 heteroatoms. The van der Waals surface area contributed by atoms with E-state index in [1.165, 1.54) is 0 Å². The number of methoxy groups -OCH3 is 2. The van der Waals surface area contributed by atoms with Gasteiger partial charge in [0.15, 0.2) is 22.1 Å². The molecule has 152 valence electrons. The summed E-state index contributed by atoms with van der Waals surface area (Å²) in [5, 5.41) is 4.85. The van der Waals surface area contributed by atoms with E-state index in [0.717, 1.165) is 52.6 Å². The zero-order chi connectivity index (χ0) is 20.4. The molecule has 0 saturated heterocycles. The van der Waals surface area contributed by atoms with Crippen LogP contribution in [0.1, 0.15) is 24.4 Å². The SMILES string of the molecule is COc1ccc(CN(C)Cn2nc(-c3ccncc3)n(C3CC3)c2=S)cc1OC. The second-order valence-electron chi connectivity index (χ2n) is 7.29. The first-order chi connectivity index (χ1) is 14.1. The molecule has 2 aromatic heterocycles. The van der Waals surface area contributed by atoms with E-state index in [0.29, 0.717) is 12.7 Å². The quantitative estimate of drug-likeness (QED) is 0.524. The summed E-state index contributed by atoms with van der Waals surface area (Å²) in [6, 6.07) is 10.4. The van der Waals surface area contributed by atoms with Gasteiger partial charge in [0.05, 0.1) is 20.9 Å². The lowest BCUT2D eigenvalue weighted by molar-refractivity contribution is 0.243. The van der Waals surface area contributed by atoms with Crippen LogP contribution in [0.3, 0.4) is 0 Å². The number of pyridine rings is 1. The number of rotatable bonds is 8. The Kier molecular flexibility index (Phi) is 5.64. The molecule has 0 bridgehead atoms. The van der Waals surface area contributed by atoms with Gasteiger partial charge in [-0.15, -0.1) is 0 Å². The molecular weight excluding hydrogens is 386 g/mol. The predicted molar refractivity (Wildman–Crippen MR) is 114 cm³/mol. The van der Waals surface area contributed by atoms with Gasteiger partial charge >= 0.3 is 0 Å². The van der Waals surface area contributed by atoms with E-state index < -0.39 is 0 Å². The Balaban J connectivity index is 1.56. The number of aromatic nitrogens is 4. The third-order valence-electron chi connectivity index (χ3n) is 5.00. The highest BCUT2D eigenvalue weighted by atomic mass is 32.1. The van der Waals surface area contributed by atoms with Crippen molar-refractivity contribution in [3.05, 3.63) is 53.1 Å². The van der Waals surface area contributed by atoms with Gasteiger partial charge in [0, 0.05) is 30.5 Å². The Labute approximate surface area is 175 Å². The number of hydrogen-bond acceptors (Lipinski definition) is 6. The van der Waals surface area contributed by atoms with Gasteiger partial charge < -0.3 is 9.47 Å². The summed E-state index contributed by atoms with van der Waals surface area (Å²) >= 11 is 5.77. The summed E-state index contributed by atoms with van der Waals surface area (Å²) in [7, 11) is 5.35. The molecule has 0 unspecified atom stereocenters. The van der Waals surface area contributed by atoms with Gasteiger partial charge in [-0.1, -0.05) is 6.07 Å². The molecule has 7 nitrogen and oxygen atoms in total. The molecule has 0 amide bonds. The van der Waals surface area contributed by atoms with E-state index in [1.807, 2.05) is 35.0 Å². The van der Waals surface area contributed by atoms with Gasteiger partial charge in [-0.3, -0.25) is 14.5 Å². The summed E-state index contributed by atoms with van der Waals surface area (Å²) in [5.41, 5.74) is 2.17. The fourth-order valence-electron chi connectivity index (χ4n) is 3.44. The lowest BCUT2D eigenvalue weighted by Gasteiger charge is -2.17. The van der Waals surface area contributed by atoms with E-state index in [9.17, 15) is 0 Å². The molecule has 1 aliphatic carbocycles. The summed E-state index contributed by atoms with van der Waals surface area (Å²) in [5.74, 6) is 2.37. The first-order valence-corrected chi connectivity index (χ1v) is 10.0. The minimum absolute atomic E-state index is 0.454. The highest BCUT2D eigenvalue weighted by Gasteiger charge is 2.29. The van der Waals surface area contributed by atoms with Crippen molar-refractivity contribution in [2.24, 2.45) is 0 Å². The average Bonchev–Trinajstić information content (AvgIpc) is 3.53. The van der Waals surface area contributed by atoms with Crippen molar-refractivity contribution in [3.63, 3.8) is 0 Å². The van der Waals surface area contributed by atoms with Gasteiger partial charge in [0.1, 0.15) is 0 Å². The molecule has 0 spiro atoms. The predicted octanol–water partition coefficient (Wildman–Crippen LogP) is 3.92. The number of nitrogens with zero attached hydrogens (tertiary/aromatic N) is 5. The summed E-state index contributed by atoms with van der Waals surface area (Å²) in [4.78, 5) is 6.29. The highest BCUT2D eigenvalue weighted by Crippen LogP contribution is 2.38. The van der Waals surface area contributed by atoms with Gasteiger partial charge in [-0.2, -0.15) is 5.10 Å². The van der Waals surface area contributed by atoms with E-state index in [1.54, 1.807) is 26.6 Å². The summed E-state index contributed by atoms with van der Waals surface area (Å²) < 4.78 is 15.6. The normalized spacial score (nSPS) is 13.7. The van der Waals surface area contributed by atoms with Crippen molar-refractivity contribution < 1.29 is 9.47 Å². The van der Waals surface area contributed by atoms with Crippen molar-refractivity contribution in [1.29, 1.82) is 0 Å². The number of ether oxygens (including phenoxy) is 2. The maximum atomic E-state index is 5.77. The molecule has 3 aromatic rings. The fraction of sp³-hybridized carbons (Fsp3) is 0.381. The number of hydrogen-bond donors (Lipinski definition) is 0. The lowest BCUT2D eigenvalue weighted by atomic mass is 10.2. The molecule has 1 aromatic carbocycles. The van der Waals surface area contributed by atoms with Crippen LogP contribution in [0.15, 0.2) is 42.7 Å². The van der Waals surface area contributed by atoms with Crippen LogP contribution in [-0.4, -0.2) is 45.5 Å². The van der Waals surface area contributed by atoms with Crippen molar-refractivity contribution in [1.82, 2.24) is 24.2 Å². The van der Waals surface area contributed by atoms with Crippen LogP contribution in [0.2, 0.25) is 0 Å². The van der Waals surface area contributed by atoms with Gasteiger partial charge in [0.2, 0.25) is 0 Å². The molecule has 0 aliphatic heterocycles. The van der Waals surface area contributed by atoms with Crippen molar-refractivity contribution in [2.45, 2.75) is 32.1 Å². The van der Waals surface area contributed by atoms with Gasteiger partial charge in [0.25, 0.3) is 0 Å². The van der Waals surface area contributed by atoms with E-state index in [4.69, 9.17) is 26.8 Å². The van der Waals surface area contributed by atoms with Crippen molar-refractivity contribution >= 4 is 12.2 Å². The molecule has 0 N–H and O–H groups in total. The van der Waals surface area contributed by atoms with Gasteiger partial charge in [-0.05, 0) is 61.9 Å². The summed E-state index contributed by atoms with van der Waals surface area (Å²) in [6.07, 6.45) is 5.88. The number of benzene rings is 1. The van der Waals surface area contributed by atoms with Crippen LogP contribution in [-0.2, 0) is 13.2 Å². The standard InChI is InChI=1S/C21H25N5O2S/c1-24(13-15-4-7-18(27-2)19(12-15)28-3)14-25-21(29)26(17-5-6-17)20(23-25)16-8-10-22-11-9-16/h4,7-12,17H,5-6,13-14H2,1-3H3. The smallest absolute Gasteiger partial charge is 0.199 e. The zero-order valence-electron chi connectivity index (χ0n) is 16.9. The van der Waals surface area contributed by atoms with E-state index in [2.05, 4.69) is 21.5 Å². The highest BCUT2D eigenvalue weighted by molar-refractivity contribution is 7.71. The first-order valence-electron chi connectivity index (χ1n) is 9.60. The molecule has 29 heavy (non-hydrogen) atoms. The van der Waals surface area contributed by atoms with E-state index in [-0.39, 0.29) is 0 Å². The Morgan fingerprint density at radius 1 is 1.10 bits per heavy atom. The van der Waals surface area contributed by atoms with Crippen molar-refractivity contribution in [2.75, 3.05) is 21.3 Å². The zero-order valence-corrected chi connectivity index (χ0v) is 17.7. The van der Waals surface area contributed by atoms with Gasteiger partial charge in [-0.25, -0.2) is 4.68 Å². The van der Waals surface area contributed by atoms with Crippen LogP contribution in [0.5, 0.6) is 11.5 Å². The maximum absolute atomic E-state index is 5.77. The fourth-order valence-corrected chi connectivity index (χ4v) is 3.78. The van der Waals surface area contributed by atoms with Crippen LogP contribution in [0.4, 0.5) is 0 Å². The van der Waals surface area contributed by atoms with Crippen LogP contribution in [0, 0.1) is 4.77 Å². The van der Waals surface area contributed by atoms with Crippen molar-refractivity contribution in [3.8, 4) is 22.9 Å². The second kappa shape index (κ2) is 8.34. The molecule has 0 atom stereocenters. The lowest BCUT2D eigenvalue weighted by Crippen LogP contribution is -2.22. The topological polar surface area (TPSA) is 57.3 Å². The molecule has 0 radical (unpaired) electrons. The minimum Gasteiger partial charge on any atom is -0.493 e. The largest absolute Gasteiger partial charge is 0.493 e. The molecule has 1 saturated carbocycles.